The van der Waals surface area contributed by atoms with Crippen LogP contribution in [0.2, 0.25) is 25.3 Å². The van der Waals surface area contributed by atoms with E-state index in [-0.39, 0.29) is 11.5 Å². The lowest BCUT2D eigenvalue weighted by molar-refractivity contribution is -0.142. The molecule has 1 aromatic rings. The topological polar surface area (TPSA) is 0 Å². The minimum Gasteiger partial charge on any atom is -0.204 e. The fourth-order valence-electron chi connectivity index (χ4n) is 13.4. The number of alkyl halides is 3. The average Bonchev–Trinajstić information content (AvgIpc) is 3.31. The van der Waals surface area contributed by atoms with E-state index in [1.165, 1.54) is 128 Å². The highest BCUT2D eigenvalue weighted by molar-refractivity contribution is 7.65. The molecule has 0 radical (unpaired) electrons. The van der Waals surface area contributed by atoms with E-state index in [4.69, 9.17) is 0 Å². The number of benzene rings is 1. The molecule has 0 N–H and O–H groups in total. The van der Waals surface area contributed by atoms with Gasteiger partial charge < -0.3 is 0 Å². The molecular formula is C62H118BF6P. The van der Waals surface area contributed by atoms with Crippen molar-refractivity contribution in [1.29, 1.82) is 0 Å². The van der Waals surface area contributed by atoms with Gasteiger partial charge in [-0.15, -0.1) is 0 Å². The van der Waals surface area contributed by atoms with Gasteiger partial charge in [0.25, 0.3) is 0 Å². The maximum Gasteiger partial charge on any atom is 0.422 e. The molecule has 0 aliphatic carbocycles. The Bertz CT molecular complexity index is 1290. The van der Waals surface area contributed by atoms with Crippen LogP contribution in [0.1, 0.15) is 270 Å². The van der Waals surface area contributed by atoms with E-state index in [1.807, 2.05) is 0 Å². The Hall–Kier alpha value is -0.705. The molecule has 70 heavy (non-hydrogen) atoms. The quantitative estimate of drug-likeness (QED) is 0.0265. The van der Waals surface area contributed by atoms with Crippen LogP contribution in [-0.2, 0) is 6.18 Å². The Morgan fingerprint density at radius 2 is 0.757 bits per heavy atom. The second kappa shape index (κ2) is 39.7. The van der Waals surface area contributed by atoms with Crippen molar-refractivity contribution in [2.75, 3.05) is 12.3 Å². The molecule has 0 fully saturated rings. The number of hydrogen-bond donors (Lipinski definition) is 0. The molecule has 0 heterocycles. The van der Waals surface area contributed by atoms with Gasteiger partial charge in [0.2, 0.25) is 0 Å². The van der Waals surface area contributed by atoms with E-state index in [0.29, 0.717) is 24.3 Å². The van der Waals surface area contributed by atoms with Crippen molar-refractivity contribution in [3.05, 3.63) is 29.1 Å². The molecule has 10 atom stereocenters. The van der Waals surface area contributed by atoms with E-state index in [9.17, 15) is 26.3 Å². The van der Waals surface area contributed by atoms with Crippen molar-refractivity contribution in [1.82, 2.24) is 0 Å². The Morgan fingerprint density at radius 3 is 1.03 bits per heavy atom. The highest BCUT2D eigenvalue weighted by Crippen LogP contribution is 2.44. The van der Waals surface area contributed by atoms with Crippen LogP contribution in [0.5, 0.6) is 0 Å². The lowest BCUT2D eigenvalue weighted by Crippen LogP contribution is -2.41. The van der Waals surface area contributed by atoms with E-state index >= 15 is 0 Å². The van der Waals surface area contributed by atoms with Gasteiger partial charge in [-0.1, -0.05) is 275 Å². The van der Waals surface area contributed by atoms with Gasteiger partial charge in [0, 0.05) is 20.1 Å². The first-order chi connectivity index (χ1) is 33.2. The van der Waals surface area contributed by atoms with Crippen LogP contribution in [0.15, 0.2) is 6.07 Å². The number of halogens is 6. The first kappa shape index (κ1) is 69.3. The predicted molar refractivity (Wildman–Crippen MR) is 306 cm³/mol. The van der Waals surface area contributed by atoms with Gasteiger partial charge in [-0.2, -0.15) is 38.5 Å². The summed E-state index contributed by atoms with van der Waals surface area (Å²) in [5.74, 6) is 2.38. The highest BCUT2D eigenvalue weighted by atomic mass is 31.1. The summed E-state index contributed by atoms with van der Waals surface area (Å²) in [4.78, 5) is 0. The molecule has 0 nitrogen and oxygen atoms in total. The second-order valence-corrected chi connectivity index (χ2v) is 26.9. The molecule has 0 amide bonds. The SMILES string of the molecule is CCCC(CC)CCC(C)C[B-](CC(C)CCC(CC)CCC)(CC(C)CCC(CC)CCC)CC(C)CCC(CC)CCC.CCCCC(CC)CC[PH+](CC)c1cc(F)c(F)c(C(F)(F)F)c1F. The van der Waals surface area contributed by atoms with Crippen LogP contribution in [-0.4, -0.2) is 18.5 Å². The highest BCUT2D eigenvalue weighted by Gasteiger charge is 2.43. The third-order valence-electron chi connectivity index (χ3n) is 17.6. The van der Waals surface area contributed by atoms with Crippen LogP contribution in [0.4, 0.5) is 26.3 Å². The van der Waals surface area contributed by atoms with E-state index in [1.54, 1.807) is 32.2 Å². The molecule has 0 aliphatic heterocycles. The molecule has 0 aliphatic rings. The van der Waals surface area contributed by atoms with Crippen LogP contribution < -0.4 is 5.30 Å². The first-order valence-electron chi connectivity index (χ1n) is 30.5. The monoisotopic (exact) mass is 1020 g/mol. The maximum atomic E-state index is 14.4. The molecular weight excluding hydrogens is 900 g/mol. The summed E-state index contributed by atoms with van der Waals surface area (Å²) in [6.45, 7) is 35.9. The standard InChI is InChI=1S/C44H92B.C18H25F6P/c1-13-21-41(17-5)29-25-37(9)33-45(34-38(10)26-30-42(18-6)22-14-2,35-39(11)27-31-43(19-7)23-15-3)36-40(12)28-32-44(20-8)24-16-4;1-4-7-8-12(5-2)9-10-25(6-3)14-11-13(19)16(20)15(17(14)21)18(22,23)24/h37-44H,13-36H2,1-12H3;11-12H,4-10H2,1-3H3/q-1;/p+1. The first-order valence-corrected chi connectivity index (χ1v) is 32.4. The van der Waals surface area contributed by atoms with Crippen molar-refractivity contribution in [2.45, 2.75) is 296 Å². The van der Waals surface area contributed by atoms with Crippen LogP contribution in [0, 0.1) is 70.7 Å². The molecule has 10 unspecified atom stereocenters. The zero-order valence-electron chi connectivity index (χ0n) is 49.0. The van der Waals surface area contributed by atoms with Gasteiger partial charge in [0.15, 0.2) is 17.5 Å². The molecule has 416 valence electrons. The Kier molecular flexibility index (Phi) is 39.3. The fraction of sp³-hybridized carbons (Fsp3) is 0.903. The summed E-state index contributed by atoms with van der Waals surface area (Å²) in [6, 6.07) is 0.630. The van der Waals surface area contributed by atoms with Crippen molar-refractivity contribution >= 4 is 19.4 Å². The molecule has 0 spiro atoms. The van der Waals surface area contributed by atoms with E-state index in [2.05, 4.69) is 96.9 Å². The zero-order chi connectivity index (χ0) is 53.3. The van der Waals surface area contributed by atoms with Crippen LogP contribution >= 0.6 is 7.92 Å². The largest absolute Gasteiger partial charge is 0.422 e. The summed E-state index contributed by atoms with van der Waals surface area (Å²) in [5.41, 5.74) is -2.10. The number of hydrogen-bond acceptors (Lipinski definition) is 0. The van der Waals surface area contributed by atoms with E-state index < -0.39 is 37.1 Å². The molecule has 1 rings (SSSR count). The Balaban J connectivity index is 0.00000160. The summed E-state index contributed by atoms with van der Waals surface area (Å²) >= 11 is 0. The number of unbranched alkanes of at least 4 members (excludes halogenated alkanes) is 1. The van der Waals surface area contributed by atoms with Crippen molar-refractivity contribution in [3.63, 3.8) is 0 Å². The lowest BCUT2D eigenvalue weighted by atomic mass is 9.14. The van der Waals surface area contributed by atoms with Gasteiger partial charge in [-0.25, -0.2) is 13.2 Å². The minimum absolute atomic E-state index is 0.274. The fourth-order valence-corrected chi connectivity index (χ4v) is 15.9. The maximum absolute atomic E-state index is 14.4. The summed E-state index contributed by atoms with van der Waals surface area (Å²) in [5, 5.41) is -0.274. The Labute approximate surface area is 434 Å². The normalized spacial score (nSPS) is 17.4. The Morgan fingerprint density at radius 1 is 0.429 bits per heavy atom. The molecule has 1 aromatic carbocycles. The third kappa shape index (κ3) is 28.3. The molecule has 0 aromatic heterocycles. The van der Waals surface area contributed by atoms with Crippen LogP contribution in [0.25, 0.3) is 0 Å². The lowest BCUT2D eigenvalue weighted by Gasteiger charge is -2.48. The summed E-state index contributed by atoms with van der Waals surface area (Å²) in [6.07, 6.45) is 35.0. The molecule has 0 saturated carbocycles. The van der Waals surface area contributed by atoms with Crippen LogP contribution in [0.3, 0.4) is 0 Å². The molecule has 0 bridgehead atoms. The van der Waals surface area contributed by atoms with E-state index in [0.717, 1.165) is 79.4 Å². The van der Waals surface area contributed by atoms with Crippen molar-refractivity contribution in [2.24, 2.45) is 53.3 Å². The van der Waals surface area contributed by atoms with Gasteiger partial charge >= 0.3 is 6.18 Å². The van der Waals surface area contributed by atoms with Crippen molar-refractivity contribution < 1.29 is 26.3 Å². The summed E-state index contributed by atoms with van der Waals surface area (Å²) < 4.78 is 80.2. The molecule has 8 heteroatoms. The van der Waals surface area contributed by atoms with Gasteiger partial charge in [-0.3, -0.25) is 0 Å². The minimum atomic E-state index is -5.25. The average molecular weight is 1020 g/mol. The number of rotatable bonds is 41. The predicted octanol–water partition coefficient (Wildman–Crippen LogP) is 23.0. The smallest absolute Gasteiger partial charge is 0.204 e. The third-order valence-corrected chi connectivity index (χ3v) is 20.5. The van der Waals surface area contributed by atoms with Gasteiger partial charge in [-0.05, 0) is 42.9 Å². The summed E-state index contributed by atoms with van der Waals surface area (Å²) in [7, 11) is -1.72. The van der Waals surface area contributed by atoms with Crippen molar-refractivity contribution in [3.8, 4) is 0 Å². The molecule has 0 saturated heterocycles. The van der Waals surface area contributed by atoms with Gasteiger partial charge in [0.1, 0.15) is 10.9 Å². The zero-order valence-corrected chi connectivity index (χ0v) is 50.0. The van der Waals surface area contributed by atoms with Gasteiger partial charge in [0.05, 0.1) is 12.3 Å². The second-order valence-electron chi connectivity index (χ2n) is 24.0.